The van der Waals surface area contributed by atoms with E-state index in [-0.39, 0.29) is 11.6 Å². The van der Waals surface area contributed by atoms with Gasteiger partial charge in [0, 0.05) is 37.2 Å². The topological polar surface area (TPSA) is 116 Å². The predicted molar refractivity (Wildman–Crippen MR) is 95.0 cm³/mol. The summed E-state index contributed by atoms with van der Waals surface area (Å²) in [5.74, 6) is 0.841. The number of hydrogen-bond acceptors (Lipinski definition) is 7. The molecule has 0 aliphatic heterocycles. The van der Waals surface area contributed by atoms with E-state index in [1.54, 1.807) is 29.2 Å². The molecular weight excluding hydrogens is 352 g/mol. The maximum Gasteiger partial charge on any atom is 0.289 e. The monoisotopic (exact) mass is 370 g/mol. The highest BCUT2D eigenvalue weighted by Gasteiger charge is 2.19. The Labute approximate surface area is 154 Å². The molecule has 1 aromatic carbocycles. The van der Waals surface area contributed by atoms with Gasteiger partial charge in [0.15, 0.2) is 5.76 Å². The van der Waals surface area contributed by atoms with Crippen LogP contribution in [0.1, 0.15) is 29.8 Å². The number of benzene rings is 1. The molecule has 0 saturated carbocycles. The van der Waals surface area contributed by atoms with Gasteiger partial charge >= 0.3 is 0 Å². The molecule has 27 heavy (non-hydrogen) atoms. The largest absolute Gasteiger partial charge is 0.459 e. The number of hydrogen-bond donors (Lipinski definition) is 0. The van der Waals surface area contributed by atoms with Gasteiger partial charge in [-0.25, -0.2) is 0 Å². The fraction of sp³-hybridized carbons (Fsp3) is 0.278. The van der Waals surface area contributed by atoms with Crippen molar-refractivity contribution >= 4 is 11.6 Å². The second-order valence-electron chi connectivity index (χ2n) is 5.84. The van der Waals surface area contributed by atoms with Gasteiger partial charge in [0.1, 0.15) is 0 Å². The minimum absolute atomic E-state index is 0.00545. The second kappa shape index (κ2) is 8.26. The molecule has 0 unspecified atom stereocenters. The van der Waals surface area contributed by atoms with Crippen molar-refractivity contribution in [2.24, 2.45) is 0 Å². The van der Waals surface area contributed by atoms with Crippen molar-refractivity contribution in [1.29, 1.82) is 0 Å². The van der Waals surface area contributed by atoms with E-state index in [4.69, 9.17) is 8.94 Å². The summed E-state index contributed by atoms with van der Waals surface area (Å²) in [6, 6.07) is 9.20. The summed E-state index contributed by atoms with van der Waals surface area (Å²) in [6.07, 6.45) is 2.67. The first kappa shape index (κ1) is 18.3. The third-order valence-electron chi connectivity index (χ3n) is 3.91. The van der Waals surface area contributed by atoms with Crippen molar-refractivity contribution in [2.45, 2.75) is 19.8 Å². The molecule has 3 rings (SSSR count). The summed E-state index contributed by atoms with van der Waals surface area (Å²) in [5.41, 5.74) is 0.613. The Morgan fingerprint density at radius 3 is 2.63 bits per heavy atom. The highest BCUT2D eigenvalue weighted by atomic mass is 16.6. The molecule has 9 heteroatoms. The Morgan fingerprint density at radius 2 is 2.00 bits per heavy atom. The van der Waals surface area contributed by atoms with E-state index in [2.05, 4.69) is 10.1 Å². The lowest BCUT2D eigenvalue weighted by atomic mass is 10.2. The lowest BCUT2D eigenvalue weighted by molar-refractivity contribution is -0.384. The number of carbonyl (C=O) groups excluding carboxylic acids is 1. The molecule has 0 bridgehead atoms. The van der Waals surface area contributed by atoms with Crippen molar-refractivity contribution in [3.05, 3.63) is 64.4 Å². The number of aromatic nitrogens is 2. The summed E-state index contributed by atoms with van der Waals surface area (Å²) in [6.45, 7) is 2.99. The van der Waals surface area contributed by atoms with Crippen molar-refractivity contribution < 1.29 is 18.7 Å². The molecule has 0 saturated heterocycles. The second-order valence-corrected chi connectivity index (χ2v) is 5.84. The minimum Gasteiger partial charge on any atom is -0.459 e. The average molecular weight is 370 g/mol. The van der Waals surface area contributed by atoms with Crippen LogP contribution in [0.2, 0.25) is 0 Å². The molecule has 0 aliphatic carbocycles. The fourth-order valence-corrected chi connectivity index (χ4v) is 2.58. The summed E-state index contributed by atoms with van der Waals surface area (Å²) >= 11 is 0. The average Bonchev–Trinajstić information content (AvgIpc) is 3.36. The summed E-state index contributed by atoms with van der Waals surface area (Å²) in [5, 5.41) is 14.6. The zero-order valence-electron chi connectivity index (χ0n) is 14.7. The number of carbonyl (C=O) groups is 1. The standard InChI is InChI=1S/C18H18N4O5/c1-2-10-21(18(23)15-4-3-12-26-15)11-9-16-19-17(20-27-16)13-5-7-14(8-6-13)22(24)25/h3-8,12H,2,9-11H2,1H3. The van der Waals surface area contributed by atoms with Crippen molar-refractivity contribution in [1.82, 2.24) is 15.0 Å². The van der Waals surface area contributed by atoms with E-state index in [0.29, 0.717) is 42.5 Å². The molecular formula is C18H18N4O5. The van der Waals surface area contributed by atoms with Crippen molar-refractivity contribution in [2.75, 3.05) is 13.1 Å². The van der Waals surface area contributed by atoms with Crippen LogP contribution in [0.5, 0.6) is 0 Å². The van der Waals surface area contributed by atoms with E-state index < -0.39 is 4.92 Å². The molecule has 0 aliphatic rings. The SMILES string of the molecule is CCCN(CCc1nc(-c2ccc([N+](=O)[O-])cc2)no1)C(=O)c1ccco1. The van der Waals surface area contributed by atoms with Gasteiger partial charge in [0.25, 0.3) is 11.6 Å². The number of rotatable bonds is 8. The summed E-state index contributed by atoms with van der Waals surface area (Å²) in [7, 11) is 0. The maximum absolute atomic E-state index is 12.4. The van der Waals surface area contributed by atoms with E-state index >= 15 is 0 Å². The van der Waals surface area contributed by atoms with Crippen LogP contribution < -0.4 is 0 Å². The first-order chi connectivity index (χ1) is 13.1. The van der Waals surface area contributed by atoms with E-state index in [1.165, 1.54) is 18.4 Å². The van der Waals surface area contributed by atoms with Gasteiger partial charge in [-0.05, 0) is 30.7 Å². The van der Waals surface area contributed by atoms with Crippen LogP contribution in [0.25, 0.3) is 11.4 Å². The Balaban J connectivity index is 1.65. The zero-order valence-corrected chi connectivity index (χ0v) is 14.7. The number of nitrogens with zero attached hydrogens (tertiary/aromatic N) is 4. The first-order valence-corrected chi connectivity index (χ1v) is 8.48. The molecule has 0 spiro atoms. The number of nitro groups is 1. The quantitative estimate of drug-likeness (QED) is 0.441. The van der Waals surface area contributed by atoms with Gasteiger partial charge in [-0.1, -0.05) is 12.1 Å². The molecule has 0 radical (unpaired) electrons. The molecule has 9 nitrogen and oxygen atoms in total. The van der Waals surface area contributed by atoms with Crippen LogP contribution in [0.4, 0.5) is 5.69 Å². The lowest BCUT2D eigenvalue weighted by Gasteiger charge is -2.19. The Bertz CT molecular complexity index is 902. The van der Waals surface area contributed by atoms with Crippen LogP contribution in [0.3, 0.4) is 0 Å². The normalized spacial score (nSPS) is 10.7. The molecule has 140 valence electrons. The molecule has 0 atom stereocenters. The number of non-ortho nitro benzene ring substituents is 1. The Morgan fingerprint density at radius 1 is 1.22 bits per heavy atom. The smallest absolute Gasteiger partial charge is 0.289 e. The number of amides is 1. The predicted octanol–water partition coefficient (Wildman–Crippen LogP) is 3.33. The van der Waals surface area contributed by atoms with Gasteiger partial charge in [0.2, 0.25) is 11.7 Å². The first-order valence-electron chi connectivity index (χ1n) is 8.48. The Hall–Kier alpha value is -3.49. The highest BCUT2D eigenvalue weighted by Crippen LogP contribution is 2.20. The Kier molecular flexibility index (Phi) is 5.60. The van der Waals surface area contributed by atoms with E-state index in [0.717, 1.165) is 6.42 Å². The van der Waals surface area contributed by atoms with Crippen molar-refractivity contribution in [3.63, 3.8) is 0 Å². The van der Waals surface area contributed by atoms with Crippen LogP contribution in [-0.4, -0.2) is 39.0 Å². The fourth-order valence-electron chi connectivity index (χ4n) is 2.58. The van der Waals surface area contributed by atoms with Crippen LogP contribution in [0, 0.1) is 10.1 Å². The molecule has 2 heterocycles. The van der Waals surface area contributed by atoms with Crippen LogP contribution in [-0.2, 0) is 6.42 Å². The highest BCUT2D eigenvalue weighted by molar-refractivity contribution is 5.91. The molecule has 1 amide bonds. The summed E-state index contributed by atoms with van der Waals surface area (Å²) in [4.78, 5) is 28.7. The molecule has 0 fully saturated rings. The minimum atomic E-state index is -0.468. The van der Waals surface area contributed by atoms with E-state index in [1.807, 2.05) is 6.92 Å². The van der Waals surface area contributed by atoms with Crippen molar-refractivity contribution in [3.8, 4) is 11.4 Å². The van der Waals surface area contributed by atoms with Gasteiger partial charge in [-0.15, -0.1) is 0 Å². The van der Waals surface area contributed by atoms with Crippen LogP contribution in [0.15, 0.2) is 51.6 Å². The van der Waals surface area contributed by atoms with Gasteiger partial charge < -0.3 is 13.8 Å². The zero-order chi connectivity index (χ0) is 19.2. The molecule has 0 N–H and O–H groups in total. The van der Waals surface area contributed by atoms with Gasteiger partial charge in [-0.3, -0.25) is 14.9 Å². The number of furan rings is 1. The van der Waals surface area contributed by atoms with Crippen LogP contribution >= 0.6 is 0 Å². The van der Waals surface area contributed by atoms with Gasteiger partial charge in [-0.2, -0.15) is 4.98 Å². The molecule has 3 aromatic rings. The third kappa shape index (κ3) is 4.38. The molecule has 2 aromatic heterocycles. The van der Waals surface area contributed by atoms with Gasteiger partial charge in [0.05, 0.1) is 11.2 Å². The maximum atomic E-state index is 12.4. The summed E-state index contributed by atoms with van der Waals surface area (Å²) < 4.78 is 10.4. The number of nitro benzene ring substituents is 1. The lowest BCUT2D eigenvalue weighted by Crippen LogP contribution is -2.33. The van der Waals surface area contributed by atoms with E-state index in [9.17, 15) is 14.9 Å². The third-order valence-corrected chi connectivity index (χ3v) is 3.91.